The van der Waals surface area contributed by atoms with E-state index in [2.05, 4.69) is 9.72 Å². The molecule has 4 nitrogen and oxygen atoms in total. The van der Waals surface area contributed by atoms with Crippen LogP contribution in [0.5, 0.6) is 5.75 Å². The molecule has 1 aromatic rings. The molecule has 0 bridgehead atoms. The van der Waals surface area contributed by atoms with E-state index in [1.807, 2.05) is 0 Å². The Morgan fingerprint density at radius 3 is 2.60 bits per heavy atom. The Kier molecular flexibility index (Phi) is 3.23. The molecule has 0 radical (unpaired) electrons. The number of ether oxygens (including phenoxy) is 1. The van der Waals surface area contributed by atoms with Gasteiger partial charge in [-0.1, -0.05) is 0 Å². The van der Waals surface area contributed by atoms with Gasteiger partial charge in [-0.25, -0.2) is 4.98 Å². The topological polar surface area (TPSA) is 71.9 Å². The molecule has 15 heavy (non-hydrogen) atoms. The monoisotopic (exact) mass is 329 g/mol. The molecule has 8 heteroatoms. The molecule has 0 saturated carbocycles. The highest BCUT2D eigenvalue weighted by atomic mass is 127. The Labute approximate surface area is 96.0 Å². The van der Waals surface area contributed by atoms with E-state index in [1.165, 1.54) is 6.07 Å². The first-order valence-corrected chi connectivity index (χ1v) is 4.53. The number of hydrogen-bond acceptors (Lipinski definition) is 4. The predicted octanol–water partition coefficient (Wildman–Crippen LogP) is 2.04. The largest absolute Gasteiger partial charge is 0.573 e. The van der Waals surface area contributed by atoms with Crippen LogP contribution >= 0.6 is 22.6 Å². The van der Waals surface area contributed by atoms with Crippen molar-refractivity contribution in [2.75, 3.05) is 5.73 Å². The lowest BCUT2D eigenvalue weighted by molar-refractivity contribution is -0.274. The quantitative estimate of drug-likeness (QED) is 0.632. The lowest BCUT2D eigenvalue weighted by Gasteiger charge is -2.12. The highest BCUT2D eigenvalue weighted by Gasteiger charge is 2.33. The highest BCUT2D eigenvalue weighted by molar-refractivity contribution is 14.1. The number of alkyl halides is 3. The zero-order chi connectivity index (χ0) is 11.6. The van der Waals surface area contributed by atoms with Gasteiger partial charge >= 0.3 is 6.36 Å². The van der Waals surface area contributed by atoms with Crippen LogP contribution in [0.3, 0.4) is 0 Å². The van der Waals surface area contributed by atoms with Gasteiger partial charge in [0.1, 0.15) is 21.0 Å². The minimum atomic E-state index is -4.88. The predicted molar refractivity (Wildman–Crippen MR) is 52.8 cm³/mol. The number of nitrogens with zero attached hydrogens (tertiary/aromatic N) is 2. The van der Waals surface area contributed by atoms with Crippen LogP contribution in [0.1, 0.15) is 5.56 Å². The van der Waals surface area contributed by atoms with Gasteiger partial charge in [0.15, 0.2) is 5.75 Å². The number of pyridine rings is 1. The second kappa shape index (κ2) is 4.09. The van der Waals surface area contributed by atoms with Crippen molar-refractivity contribution in [2.45, 2.75) is 6.36 Å². The van der Waals surface area contributed by atoms with Gasteiger partial charge in [0, 0.05) is 6.20 Å². The summed E-state index contributed by atoms with van der Waals surface area (Å²) in [5, 5.41) is 8.54. The molecule has 0 aromatic carbocycles. The van der Waals surface area contributed by atoms with E-state index in [0.717, 1.165) is 6.20 Å². The molecule has 0 saturated heterocycles. The second-order valence-electron chi connectivity index (χ2n) is 2.37. The molecule has 1 heterocycles. The fourth-order valence-corrected chi connectivity index (χ4v) is 1.18. The maximum absolute atomic E-state index is 12.0. The molecule has 1 aromatic heterocycles. The lowest BCUT2D eigenvalue weighted by Crippen LogP contribution is -2.19. The van der Waals surface area contributed by atoms with Crippen molar-refractivity contribution >= 4 is 28.3 Å². The van der Waals surface area contributed by atoms with Crippen molar-refractivity contribution in [2.24, 2.45) is 0 Å². The smallest absolute Gasteiger partial charge is 0.402 e. The summed E-state index contributed by atoms with van der Waals surface area (Å²) in [5.41, 5.74) is 4.66. The molecule has 0 aliphatic carbocycles. The summed E-state index contributed by atoms with van der Waals surface area (Å²) >= 11 is 1.64. The number of anilines is 1. The zero-order valence-corrected chi connectivity index (χ0v) is 9.13. The molecule has 0 aliphatic rings. The highest BCUT2D eigenvalue weighted by Crippen LogP contribution is 2.33. The summed E-state index contributed by atoms with van der Waals surface area (Å²) in [4.78, 5) is 3.63. The third-order valence-corrected chi connectivity index (χ3v) is 2.22. The van der Waals surface area contributed by atoms with Crippen molar-refractivity contribution in [3.8, 4) is 11.8 Å². The Hall–Kier alpha value is -1.24. The minimum Gasteiger partial charge on any atom is -0.402 e. The van der Waals surface area contributed by atoms with Crippen LogP contribution in [0.25, 0.3) is 0 Å². The number of nitriles is 1. The maximum atomic E-state index is 12.0. The standard InChI is InChI=1S/C7H3F3IN3O/c8-7(9,10)15-5-3(1-12)2-14-6(11)4(5)13/h2H,13H2. The summed E-state index contributed by atoms with van der Waals surface area (Å²) in [6.07, 6.45) is -3.91. The van der Waals surface area contributed by atoms with Gasteiger partial charge < -0.3 is 10.5 Å². The van der Waals surface area contributed by atoms with E-state index in [4.69, 9.17) is 11.0 Å². The van der Waals surface area contributed by atoms with Crippen LogP contribution < -0.4 is 10.5 Å². The average Bonchev–Trinajstić information content (AvgIpc) is 2.11. The van der Waals surface area contributed by atoms with E-state index in [9.17, 15) is 13.2 Å². The van der Waals surface area contributed by atoms with E-state index >= 15 is 0 Å². The number of nitrogens with two attached hydrogens (primary N) is 1. The van der Waals surface area contributed by atoms with Gasteiger partial charge in [-0.2, -0.15) is 5.26 Å². The third-order valence-electron chi connectivity index (χ3n) is 1.36. The van der Waals surface area contributed by atoms with Crippen LogP contribution in [0.15, 0.2) is 6.20 Å². The van der Waals surface area contributed by atoms with Crippen molar-refractivity contribution < 1.29 is 17.9 Å². The minimum absolute atomic E-state index is 0.144. The van der Waals surface area contributed by atoms with Gasteiger partial charge in [-0.15, -0.1) is 13.2 Å². The van der Waals surface area contributed by atoms with Gasteiger partial charge in [-0.3, -0.25) is 0 Å². The van der Waals surface area contributed by atoms with Crippen molar-refractivity contribution in [1.29, 1.82) is 5.26 Å². The first kappa shape index (κ1) is 11.8. The number of halogens is 4. The molecule has 2 N–H and O–H groups in total. The number of aromatic nitrogens is 1. The summed E-state index contributed by atoms with van der Waals surface area (Å²) < 4.78 is 39.7. The molecule has 0 unspecified atom stereocenters. The van der Waals surface area contributed by atoms with E-state index in [0.29, 0.717) is 0 Å². The fourth-order valence-electron chi connectivity index (χ4n) is 0.793. The first-order valence-electron chi connectivity index (χ1n) is 3.45. The van der Waals surface area contributed by atoms with Crippen LogP contribution in [0.4, 0.5) is 18.9 Å². The van der Waals surface area contributed by atoms with Crippen LogP contribution in [-0.2, 0) is 0 Å². The molecular formula is C7H3F3IN3O. The summed E-state index contributed by atoms with van der Waals surface area (Å²) in [6, 6.07) is 1.52. The molecule has 0 spiro atoms. The molecular weight excluding hydrogens is 326 g/mol. The van der Waals surface area contributed by atoms with Gasteiger partial charge in [-0.05, 0) is 22.6 Å². The van der Waals surface area contributed by atoms with Gasteiger partial charge in [0.2, 0.25) is 0 Å². The molecule has 80 valence electrons. The summed E-state index contributed by atoms with van der Waals surface area (Å²) in [5.74, 6) is -0.704. The molecule has 0 fully saturated rings. The third kappa shape index (κ3) is 2.85. The molecule has 0 aliphatic heterocycles. The first-order chi connectivity index (χ1) is 6.85. The van der Waals surface area contributed by atoms with Crippen molar-refractivity contribution in [1.82, 2.24) is 4.98 Å². The second-order valence-corrected chi connectivity index (χ2v) is 3.39. The van der Waals surface area contributed by atoms with Gasteiger partial charge in [0.25, 0.3) is 0 Å². The Bertz CT molecular complexity index is 427. The number of nitrogen functional groups attached to an aromatic ring is 1. The van der Waals surface area contributed by atoms with Crippen molar-refractivity contribution in [3.05, 3.63) is 15.5 Å². The van der Waals surface area contributed by atoms with Crippen LogP contribution in [-0.4, -0.2) is 11.3 Å². The zero-order valence-electron chi connectivity index (χ0n) is 6.97. The van der Waals surface area contributed by atoms with Crippen LogP contribution in [0, 0.1) is 15.0 Å². The number of rotatable bonds is 1. The normalized spacial score (nSPS) is 10.9. The van der Waals surface area contributed by atoms with Crippen molar-refractivity contribution in [3.63, 3.8) is 0 Å². The molecule has 0 atom stereocenters. The number of hydrogen-bond donors (Lipinski definition) is 1. The van der Waals surface area contributed by atoms with Gasteiger partial charge in [0.05, 0.1) is 0 Å². The lowest BCUT2D eigenvalue weighted by atomic mass is 10.2. The average molecular weight is 329 g/mol. The summed E-state index contributed by atoms with van der Waals surface area (Å²) in [6.45, 7) is 0. The van der Waals surface area contributed by atoms with Crippen LogP contribution in [0.2, 0.25) is 0 Å². The van der Waals surface area contributed by atoms with E-state index < -0.39 is 12.1 Å². The Morgan fingerprint density at radius 2 is 2.13 bits per heavy atom. The molecule has 0 amide bonds. The fraction of sp³-hybridized carbons (Fsp3) is 0.143. The Balaban J connectivity index is 3.26. The van der Waals surface area contributed by atoms with E-state index in [-0.39, 0.29) is 15.0 Å². The summed E-state index contributed by atoms with van der Waals surface area (Å²) in [7, 11) is 0. The SMILES string of the molecule is N#Cc1cnc(I)c(N)c1OC(F)(F)F. The maximum Gasteiger partial charge on any atom is 0.573 e. The van der Waals surface area contributed by atoms with E-state index in [1.54, 1.807) is 22.6 Å². The Morgan fingerprint density at radius 1 is 1.53 bits per heavy atom. The molecule has 1 rings (SSSR count).